The zero-order chi connectivity index (χ0) is 15.2. The second kappa shape index (κ2) is 7.09. The van der Waals surface area contributed by atoms with E-state index in [2.05, 4.69) is 0 Å². The number of alkyl halides is 3. The number of likely N-dealkylation sites (N-methyl/N-ethyl adjacent to an activating group) is 1. The average Bonchev–Trinajstić information content (AvgIpc) is 2.41. The van der Waals surface area contributed by atoms with E-state index in [1.807, 2.05) is 0 Å². The van der Waals surface area contributed by atoms with Crippen molar-refractivity contribution < 1.29 is 23.1 Å². The van der Waals surface area contributed by atoms with Crippen molar-refractivity contribution in [2.45, 2.75) is 13.1 Å². The van der Waals surface area contributed by atoms with Gasteiger partial charge in [-0.2, -0.15) is 13.2 Å². The third kappa shape index (κ3) is 4.38. The van der Waals surface area contributed by atoms with E-state index < -0.39 is 17.7 Å². The summed E-state index contributed by atoms with van der Waals surface area (Å²) in [6.07, 6.45) is -4.04. The molecule has 0 fully saturated rings. The van der Waals surface area contributed by atoms with E-state index in [1.54, 1.807) is 13.0 Å². The third-order valence-electron chi connectivity index (χ3n) is 2.72. The van der Waals surface area contributed by atoms with Crippen molar-refractivity contribution in [2.24, 2.45) is 0 Å². The SMILES string of the molecule is CCN(CCO)C(=O)/C=C(/c1ccccc1)C(F)(F)F. The minimum Gasteiger partial charge on any atom is -0.395 e. The minimum atomic E-state index is -4.62. The van der Waals surface area contributed by atoms with Crippen molar-refractivity contribution in [3.8, 4) is 0 Å². The maximum Gasteiger partial charge on any atom is 0.417 e. The Kier molecular flexibility index (Phi) is 5.76. The number of allylic oxidation sites excluding steroid dienone is 1. The molecule has 0 bridgehead atoms. The Morgan fingerprint density at radius 1 is 1.30 bits per heavy atom. The van der Waals surface area contributed by atoms with Crippen LogP contribution in [0.4, 0.5) is 13.2 Å². The van der Waals surface area contributed by atoms with Crippen LogP contribution in [0, 0.1) is 0 Å². The van der Waals surface area contributed by atoms with Crippen LogP contribution < -0.4 is 0 Å². The van der Waals surface area contributed by atoms with Gasteiger partial charge in [-0.3, -0.25) is 4.79 Å². The smallest absolute Gasteiger partial charge is 0.395 e. The van der Waals surface area contributed by atoms with Crippen LogP contribution in [0.2, 0.25) is 0 Å². The average molecular weight is 287 g/mol. The fourth-order valence-corrected chi connectivity index (χ4v) is 1.71. The van der Waals surface area contributed by atoms with Crippen LogP contribution in [0.3, 0.4) is 0 Å². The highest BCUT2D eigenvalue weighted by Crippen LogP contribution is 2.33. The molecule has 0 radical (unpaired) electrons. The van der Waals surface area contributed by atoms with Crippen molar-refractivity contribution >= 4 is 11.5 Å². The van der Waals surface area contributed by atoms with Gasteiger partial charge < -0.3 is 10.0 Å². The van der Waals surface area contributed by atoms with Gasteiger partial charge in [0.15, 0.2) is 0 Å². The predicted octanol–water partition coefficient (Wildman–Crippen LogP) is 2.47. The van der Waals surface area contributed by atoms with Gasteiger partial charge in [-0.1, -0.05) is 30.3 Å². The maximum atomic E-state index is 13.0. The van der Waals surface area contributed by atoms with Crippen molar-refractivity contribution in [3.05, 3.63) is 42.0 Å². The van der Waals surface area contributed by atoms with E-state index in [0.29, 0.717) is 6.08 Å². The zero-order valence-corrected chi connectivity index (χ0v) is 11.0. The molecule has 3 nitrogen and oxygen atoms in total. The number of aliphatic hydroxyl groups is 1. The Labute approximate surface area is 115 Å². The Balaban J connectivity index is 3.12. The maximum absolute atomic E-state index is 13.0. The lowest BCUT2D eigenvalue weighted by molar-refractivity contribution is -0.126. The summed E-state index contributed by atoms with van der Waals surface area (Å²) in [6, 6.07) is 7.16. The first kappa shape index (κ1) is 16.2. The minimum absolute atomic E-state index is 0.00571. The molecule has 1 N–H and O–H groups in total. The number of hydrogen-bond acceptors (Lipinski definition) is 2. The molecule has 1 amide bonds. The van der Waals surface area contributed by atoms with E-state index in [-0.39, 0.29) is 25.3 Å². The molecule has 1 rings (SSSR count). The number of carbonyl (C=O) groups excluding carboxylic acids is 1. The molecule has 0 unspecified atom stereocenters. The van der Waals surface area contributed by atoms with Crippen LogP contribution in [-0.2, 0) is 4.79 Å². The normalized spacial score (nSPS) is 12.3. The summed E-state index contributed by atoms with van der Waals surface area (Å²) in [7, 11) is 0. The zero-order valence-electron chi connectivity index (χ0n) is 11.0. The van der Waals surface area contributed by atoms with Crippen molar-refractivity contribution in [3.63, 3.8) is 0 Å². The number of rotatable bonds is 5. The predicted molar refractivity (Wildman–Crippen MR) is 69.8 cm³/mol. The summed E-state index contributed by atoms with van der Waals surface area (Å²) < 4.78 is 39.1. The summed E-state index contributed by atoms with van der Waals surface area (Å²) in [5.74, 6) is -0.766. The number of carbonyl (C=O) groups is 1. The molecule has 0 heterocycles. The lowest BCUT2D eigenvalue weighted by atomic mass is 10.0. The highest BCUT2D eigenvalue weighted by Gasteiger charge is 2.35. The number of amides is 1. The molecular weight excluding hydrogens is 271 g/mol. The van der Waals surface area contributed by atoms with Gasteiger partial charge in [0.25, 0.3) is 0 Å². The first-order valence-corrected chi connectivity index (χ1v) is 6.14. The van der Waals surface area contributed by atoms with Crippen LogP contribution in [0.25, 0.3) is 5.57 Å². The van der Waals surface area contributed by atoms with Crippen LogP contribution in [0.5, 0.6) is 0 Å². The molecule has 0 aromatic heterocycles. The Hall–Kier alpha value is -1.82. The Morgan fingerprint density at radius 3 is 2.35 bits per heavy atom. The second-order valence-electron chi connectivity index (χ2n) is 4.06. The molecule has 0 atom stereocenters. The summed E-state index contributed by atoms with van der Waals surface area (Å²) in [6.45, 7) is 1.58. The van der Waals surface area contributed by atoms with Gasteiger partial charge in [-0.05, 0) is 12.5 Å². The first-order chi connectivity index (χ1) is 9.40. The Morgan fingerprint density at radius 2 is 1.90 bits per heavy atom. The molecule has 1 aromatic rings. The van der Waals surface area contributed by atoms with Crippen molar-refractivity contribution in [2.75, 3.05) is 19.7 Å². The topological polar surface area (TPSA) is 40.5 Å². The lowest BCUT2D eigenvalue weighted by Gasteiger charge is -2.19. The second-order valence-corrected chi connectivity index (χ2v) is 4.06. The summed E-state index contributed by atoms with van der Waals surface area (Å²) >= 11 is 0. The largest absolute Gasteiger partial charge is 0.417 e. The molecule has 6 heteroatoms. The van der Waals surface area contributed by atoms with E-state index in [0.717, 1.165) is 4.90 Å². The van der Waals surface area contributed by atoms with Gasteiger partial charge in [0, 0.05) is 19.2 Å². The Bertz CT molecular complexity index is 469. The van der Waals surface area contributed by atoms with E-state index >= 15 is 0 Å². The van der Waals surface area contributed by atoms with E-state index in [9.17, 15) is 18.0 Å². The van der Waals surface area contributed by atoms with Crippen LogP contribution in [0.1, 0.15) is 12.5 Å². The highest BCUT2D eigenvalue weighted by atomic mass is 19.4. The van der Waals surface area contributed by atoms with Crippen LogP contribution in [0.15, 0.2) is 36.4 Å². The van der Waals surface area contributed by atoms with Gasteiger partial charge >= 0.3 is 6.18 Å². The number of aliphatic hydroxyl groups excluding tert-OH is 1. The molecule has 0 aliphatic rings. The quantitative estimate of drug-likeness (QED) is 0.845. The molecule has 0 aliphatic carbocycles. The molecule has 0 saturated heterocycles. The number of benzene rings is 1. The lowest BCUT2D eigenvalue weighted by Crippen LogP contribution is -2.32. The van der Waals surface area contributed by atoms with Gasteiger partial charge in [0.2, 0.25) is 5.91 Å². The van der Waals surface area contributed by atoms with Gasteiger partial charge in [-0.25, -0.2) is 0 Å². The van der Waals surface area contributed by atoms with Gasteiger partial charge in [0.05, 0.1) is 12.2 Å². The summed E-state index contributed by atoms with van der Waals surface area (Å²) in [4.78, 5) is 13.0. The van der Waals surface area contributed by atoms with Gasteiger partial charge in [0.1, 0.15) is 0 Å². The molecule has 0 spiro atoms. The summed E-state index contributed by atoms with van der Waals surface area (Å²) in [5.41, 5.74) is -1.05. The number of nitrogens with zero attached hydrogens (tertiary/aromatic N) is 1. The molecule has 0 saturated carbocycles. The summed E-state index contributed by atoms with van der Waals surface area (Å²) in [5, 5.41) is 8.79. The third-order valence-corrected chi connectivity index (χ3v) is 2.72. The first-order valence-electron chi connectivity index (χ1n) is 6.14. The van der Waals surface area contributed by atoms with Crippen LogP contribution in [-0.4, -0.2) is 41.8 Å². The molecule has 1 aromatic carbocycles. The number of halogens is 3. The van der Waals surface area contributed by atoms with E-state index in [1.165, 1.54) is 24.3 Å². The molecule has 20 heavy (non-hydrogen) atoms. The van der Waals surface area contributed by atoms with Crippen molar-refractivity contribution in [1.82, 2.24) is 4.90 Å². The fourth-order valence-electron chi connectivity index (χ4n) is 1.71. The van der Waals surface area contributed by atoms with E-state index in [4.69, 9.17) is 5.11 Å². The molecule has 110 valence electrons. The standard InChI is InChI=1S/C14H16F3NO2/c1-2-18(8-9-19)13(20)10-12(14(15,16)17)11-6-4-3-5-7-11/h3-7,10,19H,2,8-9H2,1H3/b12-10-. The highest BCUT2D eigenvalue weighted by molar-refractivity contribution is 5.96. The van der Waals surface area contributed by atoms with Crippen LogP contribution >= 0.6 is 0 Å². The van der Waals surface area contributed by atoms with Gasteiger partial charge in [-0.15, -0.1) is 0 Å². The molecule has 0 aliphatic heterocycles. The fraction of sp³-hybridized carbons (Fsp3) is 0.357. The number of hydrogen-bond donors (Lipinski definition) is 1. The molecular formula is C14H16F3NO2. The monoisotopic (exact) mass is 287 g/mol. The van der Waals surface area contributed by atoms with Crippen molar-refractivity contribution in [1.29, 1.82) is 0 Å².